The quantitative estimate of drug-likeness (QED) is 0.817. The molecule has 1 aromatic carbocycles. The second-order valence-electron chi connectivity index (χ2n) is 4.04. The minimum atomic E-state index is -4.61. The van der Waals surface area contributed by atoms with E-state index in [9.17, 15) is 18.0 Å². The third kappa shape index (κ3) is 3.74. The Bertz CT molecular complexity index is 777. The summed E-state index contributed by atoms with van der Waals surface area (Å²) in [6, 6.07) is 3.26. The minimum absolute atomic E-state index is 0.0555. The molecule has 0 bridgehead atoms. The predicted molar refractivity (Wildman–Crippen MR) is 72.0 cm³/mol. The molecule has 2 rings (SSSR count). The van der Waals surface area contributed by atoms with E-state index < -0.39 is 17.7 Å². The second kappa shape index (κ2) is 6.03. The first kappa shape index (κ1) is 15.8. The van der Waals surface area contributed by atoms with Gasteiger partial charge in [0, 0.05) is 28.9 Å². The molecule has 1 heterocycles. The Kier molecular flexibility index (Phi) is 4.33. The van der Waals surface area contributed by atoms with Crippen molar-refractivity contribution in [1.82, 2.24) is 9.97 Å². The summed E-state index contributed by atoms with van der Waals surface area (Å²) < 4.78 is 39.0. The van der Waals surface area contributed by atoms with Crippen LogP contribution in [0.2, 0.25) is 5.02 Å². The largest absolute Gasteiger partial charge is 0.472 e. The number of hydrogen-bond acceptors (Lipinski definition) is 3. The number of nitrogens with zero attached hydrogens (tertiary/aromatic N) is 2. The number of aliphatic carboxylic acids is 1. The fraction of sp³-hybridized carbons (Fsp3) is 0.0714. The first-order valence-corrected chi connectivity index (χ1v) is 6.09. The average molecular weight is 327 g/mol. The summed E-state index contributed by atoms with van der Waals surface area (Å²) >= 11 is 5.59. The number of halogens is 4. The number of carbonyl (C=O) groups is 1. The third-order valence-electron chi connectivity index (χ3n) is 2.49. The lowest BCUT2D eigenvalue weighted by Crippen LogP contribution is -2.08. The van der Waals surface area contributed by atoms with E-state index in [-0.39, 0.29) is 22.0 Å². The Hall–Kier alpha value is -2.59. The molecular weight excluding hydrogens is 321 g/mol. The van der Waals surface area contributed by atoms with E-state index in [1.54, 1.807) is 0 Å². The van der Waals surface area contributed by atoms with Crippen molar-refractivity contribution in [1.29, 1.82) is 0 Å². The summed E-state index contributed by atoms with van der Waals surface area (Å²) in [5.41, 5.74) is -1.01. The molecule has 112 valence electrons. The van der Waals surface area contributed by atoms with Crippen LogP contribution in [-0.4, -0.2) is 21.0 Å². The molecule has 4 nitrogen and oxygen atoms in total. The molecule has 0 saturated carbocycles. The van der Waals surface area contributed by atoms with Crippen molar-refractivity contribution in [3.63, 3.8) is 0 Å². The number of aromatic nitrogens is 2. The molecule has 0 unspecified atom stereocenters. The molecule has 2 aromatic rings. The monoisotopic (exact) mass is 326 g/mol. The van der Waals surface area contributed by atoms with Crippen LogP contribution >= 0.6 is 11.6 Å². The Morgan fingerprint density at radius 1 is 1.23 bits per heavy atom. The lowest BCUT2D eigenvalue weighted by atomic mass is 10.1. The van der Waals surface area contributed by atoms with E-state index in [0.29, 0.717) is 0 Å². The van der Waals surface area contributed by atoms with Crippen LogP contribution in [0.4, 0.5) is 13.2 Å². The van der Waals surface area contributed by atoms with Crippen LogP contribution in [0, 0.1) is 11.8 Å². The van der Waals surface area contributed by atoms with Crippen LogP contribution in [0.1, 0.15) is 11.1 Å². The van der Waals surface area contributed by atoms with Crippen molar-refractivity contribution in [2.75, 3.05) is 0 Å². The van der Waals surface area contributed by atoms with Crippen molar-refractivity contribution < 1.29 is 23.1 Å². The number of carboxylic acid groups (broad SMARTS) is 1. The molecule has 0 aliphatic heterocycles. The van der Waals surface area contributed by atoms with Crippen LogP contribution in [-0.2, 0) is 11.0 Å². The van der Waals surface area contributed by atoms with Crippen molar-refractivity contribution in [2.45, 2.75) is 6.18 Å². The van der Waals surface area contributed by atoms with Crippen molar-refractivity contribution >= 4 is 17.6 Å². The van der Waals surface area contributed by atoms with E-state index >= 15 is 0 Å². The summed E-state index contributed by atoms with van der Waals surface area (Å²) in [6.45, 7) is 0. The van der Waals surface area contributed by atoms with Crippen molar-refractivity contribution in [3.05, 3.63) is 46.7 Å². The van der Waals surface area contributed by atoms with Crippen molar-refractivity contribution in [3.8, 4) is 23.2 Å². The highest BCUT2D eigenvalue weighted by Crippen LogP contribution is 2.37. The maximum Gasteiger partial charge on any atom is 0.417 e. The van der Waals surface area contributed by atoms with Crippen LogP contribution in [0.3, 0.4) is 0 Å². The van der Waals surface area contributed by atoms with E-state index in [4.69, 9.17) is 16.7 Å². The molecule has 0 atom stereocenters. The van der Waals surface area contributed by atoms with Crippen LogP contribution in [0.15, 0.2) is 30.6 Å². The van der Waals surface area contributed by atoms with E-state index in [2.05, 4.69) is 15.9 Å². The lowest BCUT2D eigenvalue weighted by molar-refractivity contribution is -0.137. The Morgan fingerprint density at radius 3 is 2.41 bits per heavy atom. The molecule has 8 heteroatoms. The van der Waals surface area contributed by atoms with Crippen LogP contribution in [0.25, 0.3) is 11.4 Å². The summed E-state index contributed by atoms with van der Waals surface area (Å²) in [5, 5.41) is 8.35. The van der Waals surface area contributed by atoms with Gasteiger partial charge in [-0.2, -0.15) is 13.2 Å². The van der Waals surface area contributed by atoms with Crippen LogP contribution < -0.4 is 0 Å². The van der Waals surface area contributed by atoms with Gasteiger partial charge in [0.1, 0.15) is 0 Å². The van der Waals surface area contributed by atoms with Crippen molar-refractivity contribution in [2.24, 2.45) is 0 Å². The fourth-order valence-corrected chi connectivity index (χ4v) is 1.78. The van der Waals surface area contributed by atoms with Gasteiger partial charge in [0.25, 0.3) is 0 Å². The molecule has 0 saturated heterocycles. The molecule has 0 spiro atoms. The van der Waals surface area contributed by atoms with Gasteiger partial charge < -0.3 is 5.11 Å². The van der Waals surface area contributed by atoms with E-state index in [0.717, 1.165) is 18.5 Å². The van der Waals surface area contributed by atoms with Gasteiger partial charge in [-0.1, -0.05) is 17.5 Å². The van der Waals surface area contributed by atoms with Gasteiger partial charge in [0.05, 0.1) is 11.1 Å². The second-order valence-corrected chi connectivity index (χ2v) is 4.47. The highest BCUT2D eigenvalue weighted by Gasteiger charge is 2.34. The van der Waals surface area contributed by atoms with Gasteiger partial charge in [-0.3, -0.25) is 0 Å². The molecule has 22 heavy (non-hydrogen) atoms. The molecule has 1 aromatic heterocycles. The lowest BCUT2D eigenvalue weighted by Gasteiger charge is -2.12. The topological polar surface area (TPSA) is 63.1 Å². The maximum absolute atomic E-state index is 13.0. The summed E-state index contributed by atoms with van der Waals surface area (Å²) in [4.78, 5) is 17.9. The summed E-state index contributed by atoms with van der Waals surface area (Å²) in [7, 11) is 0. The van der Waals surface area contributed by atoms with E-state index in [1.165, 1.54) is 12.1 Å². The van der Waals surface area contributed by atoms with Gasteiger partial charge in [0.2, 0.25) is 0 Å². The third-order valence-corrected chi connectivity index (χ3v) is 2.73. The smallest absolute Gasteiger partial charge is 0.417 e. The number of rotatable bonds is 1. The molecular formula is C14H6ClF3N2O2. The van der Waals surface area contributed by atoms with Crippen LogP contribution in [0.5, 0.6) is 0 Å². The molecule has 0 aliphatic carbocycles. The Morgan fingerprint density at radius 2 is 1.86 bits per heavy atom. The van der Waals surface area contributed by atoms with Gasteiger partial charge in [-0.05, 0) is 18.2 Å². The van der Waals surface area contributed by atoms with Gasteiger partial charge >= 0.3 is 12.1 Å². The average Bonchev–Trinajstić information content (AvgIpc) is 2.45. The Labute approximate surface area is 127 Å². The predicted octanol–water partition coefficient (Wildman–Crippen LogP) is 3.25. The molecule has 0 fully saturated rings. The standard InChI is InChI=1S/C14H6ClF3N2O2/c15-9-2-3-10(11(5-9)14(16,17)18)13-19-6-8(7-20-13)1-4-12(21)22/h2-3,5-7H,(H,21,22). The SMILES string of the molecule is O=C(O)C#Cc1cnc(-c2ccc(Cl)cc2C(F)(F)F)nc1. The van der Waals surface area contributed by atoms with Gasteiger partial charge in [0.15, 0.2) is 5.82 Å². The van der Waals surface area contributed by atoms with E-state index in [1.807, 2.05) is 5.92 Å². The summed E-state index contributed by atoms with van der Waals surface area (Å²) in [5.74, 6) is 2.62. The molecule has 0 aliphatic rings. The Balaban J connectivity index is 2.46. The highest BCUT2D eigenvalue weighted by atomic mass is 35.5. The van der Waals surface area contributed by atoms with Gasteiger partial charge in [-0.15, -0.1) is 0 Å². The highest BCUT2D eigenvalue weighted by molar-refractivity contribution is 6.30. The molecule has 0 radical (unpaired) electrons. The number of alkyl halides is 3. The maximum atomic E-state index is 13.0. The number of hydrogen-bond donors (Lipinski definition) is 1. The zero-order valence-corrected chi connectivity index (χ0v) is 11.4. The normalized spacial score (nSPS) is 10.7. The zero-order chi connectivity index (χ0) is 16.3. The molecule has 0 amide bonds. The number of carboxylic acids is 1. The summed E-state index contributed by atoms with van der Waals surface area (Å²) in [6.07, 6.45) is -2.31. The number of benzene rings is 1. The first-order valence-electron chi connectivity index (χ1n) is 5.71. The minimum Gasteiger partial charge on any atom is -0.472 e. The first-order chi connectivity index (χ1) is 10.3. The van der Waals surface area contributed by atoms with Gasteiger partial charge in [-0.25, -0.2) is 14.8 Å². The zero-order valence-electron chi connectivity index (χ0n) is 10.6. The molecule has 1 N–H and O–H groups in total. The fourth-order valence-electron chi connectivity index (χ4n) is 1.60.